The Bertz CT molecular complexity index is 895. The number of thioether (sulfide) groups is 1. The van der Waals surface area contributed by atoms with E-state index in [1.807, 2.05) is 18.4 Å². The number of sulfonamides is 1. The molecule has 172 valence electrons. The van der Waals surface area contributed by atoms with E-state index in [0.29, 0.717) is 37.2 Å². The average molecular weight is 469 g/mol. The minimum atomic E-state index is -3.57. The molecule has 1 fully saturated rings. The molecule has 2 aliphatic rings. The molecule has 31 heavy (non-hydrogen) atoms. The van der Waals surface area contributed by atoms with Crippen LogP contribution in [0.15, 0.2) is 23.1 Å². The molecule has 0 spiro atoms. The van der Waals surface area contributed by atoms with E-state index in [-0.39, 0.29) is 11.8 Å². The minimum absolute atomic E-state index is 0.206. The number of rotatable bonds is 8. The van der Waals surface area contributed by atoms with Gasteiger partial charge in [0, 0.05) is 19.0 Å². The van der Waals surface area contributed by atoms with Crippen molar-refractivity contribution in [3.63, 3.8) is 0 Å². The van der Waals surface area contributed by atoms with Gasteiger partial charge in [-0.15, -0.1) is 0 Å². The van der Waals surface area contributed by atoms with Gasteiger partial charge in [0.05, 0.1) is 12.0 Å². The average Bonchev–Trinajstić information content (AvgIpc) is 2.80. The van der Waals surface area contributed by atoms with E-state index >= 15 is 0 Å². The first-order chi connectivity index (χ1) is 14.9. The van der Waals surface area contributed by atoms with Crippen LogP contribution >= 0.6 is 11.8 Å². The van der Waals surface area contributed by atoms with Crippen LogP contribution in [0.1, 0.15) is 43.2 Å². The highest BCUT2D eigenvalue weighted by atomic mass is 32.2. The first-order valence-electron chi connectivity index (χ1n) is 10.9. The molecule has 1 aromatic rings. The number of fused-ring (bicyclic) bond motifs is 1. The van der Waals surface area contributed by atoms with Gasteiger partial charge >= 0.3 is 5.97 Å². The Balaban J connectivity index is 1.60. The number of hydrogen-bond donors (Lipinski definition) is 1. The summed E-state index contributed by atoms with van der Waals surface area (Å²) in [6.45, 7) is 0.594. The van der Waals surface area contributed by atoms with Crippen LogP contribution in [-0.4, -0.2) is 62.8 Å². The number of aryl methyl sites for hydroxylation is 2. The highest BCUT2D eigenvalue weighted by molar-refractivity contribution is 7.98. The van der Waals surface area contributed by atoms with Gasteiger partial charge in [0.2, 0.25) is 15.9 Å². The van der Waals surface area contributed by atoms with Crippen molar-refractivity contribution < 1.29 is 22.7 Å². The number of benzene rings is 1. The lowest BCUT2D eigenvalue weighted by Gasteiger charge is -2.31. The normalized spacial score (nSPS) is 18.8. The van der Waals surface area contributed by atoms with Crippen LogP contribution in [0.25, 0.3) is 0 Å². The maximum atomic E-state index is 13.1. The molecule has 0 saturated carbocycles. The second kappa shape index (κ2) is 10.8. The highest BCUT2D eigenvalue weighted by Crippen LogP contribution is 2.28. The summed E-state index contributed by atoms with van der Waals surface area (Å²) in [4.78, 5) is 25.0. The van der Waals surface area contributed by atoms with Gasteiger partial charge in [0.25, 0.3) is 0 Å². The van der Waals surface area contributed by atoms with Gasteiger partial charge in [-0.1, -0.05) is 6.07 Å². The van der Waals surface area contributed by atoms with Gasteiger partial charge in [0.15, 0.2) is 0 Å². The number of piperidine rings is 1. The number of carbonyl (C=O) groups excluding carboxylic acids is 2. The van der Waals surface area contributed by atoms with E-state index in [2.05, 4.69) is 5.32 Å². The van der Waals surface area contributed by atoms with E-state index in [1.165, 1.54) is 17.0 Å². The molecule has 1 aromatic carbocycles. The molecule has 1 aliphatic carbocycles. The zero-order chi connectivity index (χ0) is 22.4. The number of hydrogen-bond acceptors (Lipinski definition) is 6. The number of methoxy groups -OCH3 is 1. The van der Waals surface area contributed by atoms with Gasteiger partial charge in [0.1, 0.15) is 6.04 Å². The number of carbonyl (C=O) groups is 2. The molecule has 1 saturated heterocycles. The van der Waals surface area contributed by atoms with E-state index in [4.69, 9.17) is 4.74 Å². The lowest BCUT2D eigenvalue weighted by molar-refractivity contribution is -0.145. The summed E-state index contributed by atoms with van der Waals surface area (Å²) in [5.41, 5.74) is 2.39. The van der Waals surface area contributed by atoms with Crippen LogP contribution in [0.4, 0.5) is 0 Å². The predicted molar refractivity (Wildman–Crippen MR) is 122 cm³/mol. The second-order valence-electron chi connectivity index (χ2n) is 8.18. The van der Waals surface area contributed by atoms with Crippen LogP contribution < -0.4 is 5.32 Å². The fourth-order valence-electron chi connectivity index (χ4n) is 4.29. The lowest BCUT2D eigenvalue weighted by Crippen LogP contribution is -2.48. The van der Waals surface area contributed by atoms with E-state index in [9.17, 15) is 18.0 Å². The van der Waals surface area contributed by atoms with Crippen molar-refractivity contribution in [3.05, 3.63) is 29.3 Å². The topological polar surface area (TPSA) is 92.8 Å². The molecule has 1 unspecified atom stereocenters. The summed E-state index contributed by atoms with van der Waals surface area (Å²) < 4.78 is 32.5. The fraction of sp³-hybridized carbons (Fsp3) is 0.636. The maximum Gasteiger partial charge on any atom is 0.328 e. The summed E-state index contributed by atoms with van der Waals surface area (Å²) in [5.74, 6) is -0.231. The van der Waals surface area contributed by atoms with Gasteiger partial charge in [-0.3, -0.25) is 4.79 Å². The quantitative estimate of drug-likeness (QED) is 0.589. The summed E-state index contributed by atoms with van der Waals surface area (Å²) in [6, 6.07) is 4.82. The third-order valence-corrected chi connectivity index (χ3v) is 8.73. The molecule has 1 aliphatic heterocycles. The number of esters is 1. The number of ether oxygens (including phenoxy) is 1. The molecule has 1 N–H and O–H groups in total. The Morgan fingerprint density at radius 2 is 1.87 bits per heavy atom. The van der Waals surface area contributed by atoms with E-state index in [1.54, 1.807) is 17.8 Å². The van der Waals surface area contributed by atoms with Gasteiger partial charge in [-0.2, -0.15) is 16.1 Å². The van der Waals surface area contributed by atoms with Crippen molar-refractivity contribution in [1.82, 2.24) is 9.62 Å². The smallest absolute Gasteiger partial charge is 0.328 e. The van der Waals surface area contributed by atoms with Crippen molar-refractivity contribution >= 4 is 33.7 Å². The molecule has 1 atom stereocenters. The summed E-state index contributed by atoms with van der Waals surface area (Å²) in [7, 11) is -2.26. The van der Waals surface area contributed by atoms with Crippen LogP contribution in [-0.2, 0) is 37.2 Å². The Morgan fingerprint density at radius 1 is 1.19 bits per heavy atom. The predicted octanol–water partition coefficient (Wildman–Crippen LogP) is 2.38. The third kappa shape index (κ3) is 5.81. The van der Waals surface area contributed by atoms with Gasteiger partial charge in [-0.05, 0) is 80.2 Å². The van der Waals surface area contributed by atoms with Crippen LogP contribution in [0.2, 0.25) is 0 Å². The summed E-state index contributed by atoms with van der Waals surface area (Å²) in [6.07, 6.45) is 7.51. The lowest BCUT2D eigenvalue weighted by atomic mass is 9.92. The molecule has 1 amide bonds. The molecule has 0 aromatic heterocycles. The number of amides is 1. The van der Waals surface area contributed by atoms with Crippen molar-refractivity contribution in [2.45, 2.75) is 55.9 Å². The Labute approximate surface area is 189 Å². The Morgan fingerprint density at radius 3 is 2.52 bits per heavy atom. The van der Waals surface area contributed by atoms with Crippen molar-refractivity contribution in [1.29, 1.82) is 0 Å². The molecule has 3 rings (SSSR count). The van der Waals surface area contributed by atoms with Crippen LogP contribution in [0.3, 0.4) is 0 Å². The molecule has 1 heterocycles. The first kappa shape index (κ1) is 24.1. The molecule has 7 nitrogen and oxygen atoms in total. The third-order valence-electron chi connectivity index (χ3n) is 6.20. The molecule has 9 heteroatoms. The van der Waals surface area contributed by atoms with Gasteiger partial charge < -0.3 is 10.1 Å². The number of nitrogens with zero attached hydrogens (tertiary/aromatic N) is 1. The minimum Gasteiger partial charge on any atom is -0.467 e. The molecular weight excluding hydrogens is 436 g/mol. The fourth-order valence-corrected chi connectivity index (χ4v) is 6.29. The largest absolute Gasteiger partial charge is 0.467 e. The SMILES string of the molecule is COC(=O)C(CCSC)NC(=O)C1CCN(S(=O)(=O)c2ccc3c(c2)CCCC3)CC1. The van der Waals surface area contributed by atoms with E-state index in [0.717, 1.165) is 37.0 Å². The Hall–Kier alpha value is -1.58. The van der Waals surface area contributed by atoms with E-state index < -0.39 is 22.0 Å². The Kier molecular flexibility index (Phi) is 8.41. The van der Waals surface area contributed by atoms with Crippen LogP contribution in [0, 0.1) is 5.92 Å². The van der Waals surface area contributed by atoms with Crippen molar-refractivity contribution in [2.75, 3.05) is 32.2 Å². The maximum absolute atomic E-state index is 13.1. The zero-order valence-corrected chi connectivity index (χ0v) is 19.9. The van der Waals surface area contributed by atoms with Gasteiger partial charge in [-0.25, -0.2) is 13.2 Å². The summed E-state index contributed by atoms with van der Waals surface area (Å²) in [5, 5.41) is 2.80. The highest BCUT2D eigenvalue weighted by Gasteiger charge is 2.34. The molecular formula is C22H32N2O5S2. The molecule has 0 bridgehead atoms. The second-order valence-corrected chi connectivity index (χ2v) is 11.1. The molecule has 0 radical (unpaired) electrons. The zero-order valence-electron chi connectivity index (χ0n) is 18.3. The number of nitrogens with one attached hydrogen (secondary N) is 1. The monoisotopic (exact) mass is 468 g/mol. The standard InChI is InChI=1S/C22H32N2O5S2/c1-29-22(26)20(11-14-30-2)23-21(25)17-9-12-24(13-10-17)31(27,28)19-8-7-16-5-3-4-6-18(16)15-19/h7-8,15,17,20H,3-6,9-14H2,1-2H3,(H,23,25). The van der Waals surface area contributed by atoms with Crippen molar-refractivity contribution in [3.8, 4) is 0 Å². The van der Waals surface area contributed by atoms with Crippen molar-refractivity contribution in [2.24, 2.45) is 5.92 Å². The summed E-state index contributed by atoms with van der Waals surface area (Å²) >= 11 is 1.60. The first-order valence-corrected chi connectivity index (χ1v) is 13.7. The van der Waals surface area contributed by atoms with Crippen LogP contribution in [0.5, 0.6) is 0 Å².